The first kappa shape index (κ1) is 20.6. The summed E-state index contributed by atoms with van der Waals surface area (Å²) >= 11 is 3.15. The summed E-state index contributed by atoms with van der Waals surface area (Å²) in [5.74, 6) is -0.195. The minimum Gasteiger partial charge on any atom is -0.335 e. The number of hydrogen-bond acceptors (Lipinski definition) is 5. The highest BCUT2D eigenvalue weighted by molar-refractivity contribution is 7.98. The SMILES string of the molecule is O=C(c1ccccc1F)N1CCN(C(=O)c2ccccc2SCc2cscn2)CC1. The number of carbonyl (C=O) groups is 2. The molecule has 3 aromatic rings. The Hall–Kier alpha value is -2.71. The van der Waals surface area contributed by atoms with Crippen molar-refractivity contribution >= 4 is 34.9 Å². The van der Waals surface area contributed by atoms with Gasteiger partial charge in [-0.2, -0.15) is 0 Å². The van der Waals surface area contributed by atoms with E-state index in [2.05, 4.69) is 4.98 Å². The van der Waals surface area contributed by atoms with E-state index in [1.807, 2.05) is 29.6 Å². The van der Waals surface area contributed by atoms with E-state index in [9.17, 15) is 14.0 Å². The summed E-state index contributed by atoms with van der Waals surface area (Å²) in [7, 11) is 0. The number of amides is 2. The predicted molar refractivity (Wildman–Crippen MR) is 116 cm³/mol. The van der Waals surface area contributed by atoms with Crippen molar-refractivity contribution in [2.75, 3.05) is 26.2 Å². The van der Waals surface area contributed by atoms with Crippen LogP contribution < -0.4 is 0 Å². The molecule has 0 aliphatic carbocycles. The first-order valence-electron chi connectivity index (χ1n) is 9.55. The molecular weight excluding hydrogens is 421 g/mol. The third-order valence-electron chi connectivity index (χ3n) is 4.93. The number of thioether (sulfide) groups is 1. The second kappa shape index (κ2) is 9.40. The van der Waals surface area contributed by atoms with E-state index in [-0.39, 0.29) is 17.4 Å². The molecule has 1 saturated heterocycles. The van der Waals surface area contributed by atoms with E-state index in [1.165, 1.54) is 12.1 Å². The summed E-state index contributed by atoms with van der Waals surface area (Å²) in [5.41, 5.74) is 3.52. The number of rotatable bonds is 5. The van der Waals surface area contributed by atoms with Crippen molar-refractivity contribution in [2.45, 2.75) is 10.6 Å². The first-order valence-corrected chi connectivity index (χ1v) is 11.5. The average molecular weight is 442 g/mol. The van der Waals surface area contributed by atoms with Crippen molar-refractivity contribution in [1.29, 1.82) is 0 Å². The van der Waals surface area contributed by atoms with Crippen LogP contribution in [0.3, 0.4) is 0 Å². The summed E-state index contributed by atoms with van der Waals surface area (Å²) in [6, 6.07) is 13.6. The Morgan fingerprint density at radius 3 is 2.17 bits per heavy atom. The fourth-order valence-electron chi connectivity index (χ4n) is 3.32. The second-order valence-electron chi connectivity index (χ2n) is 6.83. The van der Waals surface area contributed by atoms with Gasteiger partial charge in [-0.1, -0.05) is 24.3 Å². The van der Waals surface area contributed by atoms with Gasteiger partial charge in [0.2, 0.25) is 0 Å². The van der Waals surface area contributed by atoms with Gasteiger partial charge >= 0.3 is 0 Å². The lowest BCUT2D eigenvalue weighted by Crippen LogP contribution is -2.50. The zero-order valence-corrected chi connectivity index (χ0v) is 17.8. The number of hydrogen-bond donors (Lipinski definition) is 0. The molecule has 1 aliphatic rings. The number of piperazine rings is 1. The highest BCUT2D eigenvalue weighted by Crippen LogP contribution is 2.27. The maximum absolute atomic E-state index is 13.9. The molecule has 2 heterocycles. The van der Waals surface area contributed by atoms with Crippen LogP contribution in [0.25, 0.3) is 0 Å². The third-order valence-corrected chi connectivity index (χ3v) is 6.68. The van der Waals surface area contributed by atoms with E-state index in [0.29, 0.717) is 37.5 Å². The molecule has 0 saturated carbocycles. The fourth-order valence-corrected chi connectivity index (χ4v) is 4.93. The van der Waals surface area contributed by atoms with Gasteiger partial charge in [0.05, 0.1) is 22.3 Å². The van der Waals surface area contributed by atoms with Crippen LogP contribution in [0.15, 0.2) is 64.3 Å². The molecule has 8 heteroatoms. The Balaban J connectivity index is 1.40. The molecule has 1 fully saturated rings. The number of aromatic nitrogens is 1. The van der Waals surface area contributed by atoms with Crippen LogP contribution >= 0.6 is 23.1 Å². The molecule has 0 N–H and O–H groups in total. The second-order valence-corrected chi connectivity index (χ2v) is 8.56. The van der Waals surface area contributed by atoms with Gasteiger partial charge in [0.1, 0.15) is 5.82 Å². The summed E-state index contributed by atoms with van der Waals surface area (Å²) in [6.45, 7) is 1.61. The molecule has 0 spiro atoms. The van der Waals surface area contributed by atoms with Crippen LogP contribution in [0.4, 0.5) is 4.39 Å². The van der Waals surface area contributed by atoms with Crippen LogP contribution in [-0.2, 0) is 5.75 Å². The molecule has 0 radical (unpaired) electrons. The van der Waals surface area contributed by atoms with Gasteiger partial charge in [-0.25, -0.2) is 9.37 Å². The largest absolute Gasteiger partial charge is 0.335 e. The molecule has 0 unspecified atom stereocenters. The highest BCUT2D eigenvalue weighted by Gasteiger charge is 2.27. The quantitative estimate of drug-likeness (QED) is 0.558. The smallest absolute Gasteiger partial charge is 0.256 e. The van der Waals surface area contributed by atoms with Gasteiger partial charge in [-0.3, -0.25) is 9.59 Å². The fraction of sp³-hybridized carbons (Fsp3) is 0.227. The lowest BCUT2D eigenvalue weighted by Gasteiger charge is -2.35. The van der Waals surface area contributed by atoms with Gasteiger partial charge in [0.15, 0.2) is 0 Å². The molecule has 30 heavy (non-hydrogen) atoms. The van der Waals surface area contributed by atoms with Gasteiger partial charge < -0.3 is 9.80 Å². The minimum absolute atomic E-state index is 0.0469. The monoisotopic (exact) mass is 441 g/mol. The Morgan fingerprint density at radius 2 is 1.53 bits per heavy atom. The topological polar surface area (TPSA) is 53.5 Å². The molecule has 2 aromatic carbocycles. The van der Waals surface area contributed by atoms with Crippen molar-refractivity contribution in [3.63, 3.8) is 0 Å². The summed E-state index contributed by atoms with van der Waals surface area (Å²) < 4.78 is 13.9. The molecule has 5 nitrogen and oxygen atoms in total. The summed E-state index contributed by atoms with van der Waals surface area (Å²) in [4.78, 5) is 34.3. The third kappa shape index (κ3) is 4.55. The number of benzene rings is 2. The van der Waals surface area contributed by atoms with E-state index < -0.39 is 5.82 Å². The molecule has 0 atom stereocenters. The lowest BCUT2D eigenvalue weighted by atomic mass is 10.1. The first-order chi connectivity index (χ1) is 14.6. The molecular formula is C22H20FN3O2S2. The predicted octanol–water partition coefficient (Wildman–Crippen LogP) is 4.17. The maximum atomic E-state index is 13.9. The molecule has 4 rings (SSSR count). The zero-order chi connectivity index (χ0) is 20.9. The number of halogens is 1. The van der Waals surface area contributed by atoms with Crippen LogP contribution in [-0.4, -0.2) is 52.8 Å². The number of thiazole rings is 1. The summed E-state index contributed by atoms with van der Waals surface area (Å²) in [5, 5.41) is 2.00. The van der Waals surface area contributed by atoms with Gasteiger partial charge in [-0.15, -0.1) is 23.1 Å². The molecule has 1 aliphatic heterocycles. The maximum Gasteiger partial charge on any atom is 0.256 e. The Morgan fingerprint density at radius 1 is 0.933 bits per heavy atom. The van der Waals surface area contributed by atoms with E-state index in [0.717, 1.165) is 10.6 Å². The standard InChI is InChI=1S/C22H20FN3O2S2/c23-19-7-3-1-5-17(19)21(27)25-9-11-26(12-10-25)22(28)18-6-2-4-8-20(18)30-14-16-13-29-15-24-16/h1-8,13,15H,9-12,14H2. The van der Waals surface area contributed by atoms with Crippen LogP contribution in [0.5, 0.6) is 0 Å². The van der Waals surface area contributed by atoms with E-state index in [1.54, 1.807) is 50.5 Å². The van der Waals surface area contributed by atoms with Crippen molar-refractivity contribution in [1.82, 2.24) is 14.8 Å². The Labute approximate surface area is 182 Å². The van der Waals surface area contributed by atoms with Crippen molar-refractivity contribution in [3.8, 4) is 0 Å². The highest BCUT2D eigenvalue weighted by atomic mass is 32.2. The van der Waals surface area contributed by atoms with Gasteiger partial charge in [0, 0.05) is 42.2 Å². The van der Waals surface area contributed by atoms with Crippen molar-refractivity contribution in [2.24, 2.45) is 0 Å². The lowest BCUT2D eigenvalue weighted by molar-refractivity contribution is 0.0531. The zero-order valence-electron chi connectivity index (χ0n) is 16.2. The summed E-state index contributed by atoms with van der Waals surface area (Å²) in [6.07, 6.45) is 0. The van der Waals surface area contributed by atoms with E-state index >= 15 is 0 Å². The van der Waals surface area contributed by atoms with Gasteiger partial charge in [-0.05, 0) is 24.3 Å². The van der Waals surface area contributed by atoms with Crippen LogP contribution in [0, 0.1) is 5.82 Å². The Bertz CT molecular complexity index is 1030. The normalized spacial score (nSPS) is 14.0. The number of nitrogens with zero attached hydrogens (tertiary/aromatic N) is 3. The molecule has 1 aromatic heterocycles. The van der Waals surface area contributed by atoms with E-state index in [4.69, 9.17) is 0 Å². The minimum atomic E-state index is -0.521. The molecule has 154 valence electrons. The van der Waals surface area contributed by atoms with Crippen molar-refractivity contribution < 1.29 is 14.0 Å². The molecule has 0 bridgehead atoms. The number of carbonyl (C=O) groups excluding carboxylic acids is 2. The average Bonchev–Trinajstić information content (AvgIpc) is 3.31. The van der Waals surface area contributed by atoms with Gasteiger partial charge in [0.25, 0.3) is 11.8 Å². The van der Waals surface area contributed by atoms with Crippen LogP contribution in [0.2, 0.25) is 0 Å². The Kier molecular flexibility index (Phi) is 6.44. The molecule has 2 amide bonds. The van der Waals surface area contributed by atoms with Crippen molar-refractivity contribution in [3.05, 3.63) is 82.1 Å². The van der Waals surface area contributed by atoms with Crippen LogP contribution in [0.1, 0.15) is 26.4 Å².